The first-order valence-electron chi connectivity index (χ1n) is 7.57. The van der Waals surface area contributed by atoms with Gasteiger partial charge in [-0.3, -0.25) is 15.0 Å². The van der Waals surface area contributed by atoms with Crippen LogP contribution in [0.15, 0.2) is 4.42 Å². The maximum absolute atomic E-state index is 12.0. The summed E-state index contributed by atoms with van der Waals surface area (Å²) in [5.74, 6) is 1.13. The molecule has 3 N–H and O–H groups in total. The molecule has 1 aromatic heterocycles. The number of hydrogen-bond donors (Lipinski definition) is 2. The van der Waals surface area contributed by atoms with Gasteiger partial charge in [0.15, 0.2) is 0 Å². The number of amides is 1. The first-order chi connectivity index (χ1) is 9.95. The lowest BCUT2D eigenvalue weighted by Gasteiger charge is -2.33. The van der Waals surface area contributed by atoms with Gasteiger partial charge in [-0.2, -0.15) is 0 Å². The van der Waals surface area contributed by atoms with E-state index < -0.39 is 0 Å². The molecule has 0 spiro atoms. The maximum atomic E-state index is 12.0. The van der Waals surface area contributed by atoms with Crippen molar-refractivity contribution >= 4 is 11.9 Å². The summed E-state index contributed by atoms with van der Waals surface area (Å²) < 4.78 is 5.36. The molecule has 7 nitrogen and oxygen atoms in total. The molecule has 0 bridgehead atoms. The van der Waals surface area contributed by atoms with Crippen molar-refractivity contribution in [1.29, 1.82) is 0 Å². The maximum Gasteiger partial charge on any atom is 0.322 e. The second-order valence-electron chi connectivity index (χ2n) is 6.12. The summed E-state index contributed by atoms with van der Waals surface area (Å²) in [6.45, 7) is 8.13. The Morgan fingerprint density at radius 3 is 2.57 bits per heavy atom. The van der Waals surface area contributed by atoms with Gasteiger partial charge in [0.25, 0.3) is 0 Å². The minimum Gasteiger partial charge on any atom is -0.408 e. The summed E-state index contributed by atoms with van der Waals surface area (Å²) in [4.78, 5) is 14.1. The predicted molar refractivity (Wildman–Crippen MR) is 79.8 cm³/mol. The van der Waals surface area contributed by atoms with E-state index in [4.69, 9.17) is 10.2 Å². The Morgan fingerprint density at radius 2 is 2.05 bits per heavy atom. The molecule has 1 unspecified atom stereocenters. The van der Waals surface area contributed by atoms with Gasteiger partial charge >= 0.3 is 6.01 Å². The predicted octanol–water partition coefficient (Wildman–Crippen LogP) is 1.19. The Labute approximate surface area is 125 Å². The molecule has 1 atom stereocenters. The average Bonchev–Trinajstić information content (AvgIpc) is 2.87. The number of nitrogens with one attached hydrogen (secondary N) is 1. The van der Waals surface area contributed by atoms with Crippen LogP contribution < -0.4 is 11.1 Å². The molecule has 0 saturated carbocycles. The molecule has 118 valence electrons. The molecule has 7 heteroatoms. The van der Waals surface area contributed by atoms with Crippen molar-refractivity contribution in [1.82, 2.24) is 15.1 Å². The van der Waals surface area contributed by atoms with Crippen LogP contribution in [0.25, 0.3) is 0 Å². The minimum absolute atomic E-state index is 0.117. The molecular weight excluding hydrogens is 270 g/mol. The summed E-state index contributed by atoms with van der Waals surface area (Å²) in [5.41, 5.74) is 5.92. The van der Waals surface area contributed by atoms with E-state index in [1.807, 2.05) is 13.8 Å². The molecule has 1 saturated heterocycles. The zero-order valence-corrected chi connectivity index (χ0v) is 13.0. The molecule has 1 fully saturated rings. The normalized spacial score (nSPS) is 18.9. The molecule has 1 aliphatic rings. The molecule has 0 radical (unpaired) electrons. The Hall–Kier alpha value is -1.47. The number of rotatable bonds is 5. The first kappa shape index (κ1) is 15.9. The molecule has 1 aliphatic heterocycles. The van der Waals surface area contributed by atoms with Crippen LogP contribution in [0, 0.1) is 5.92 Å². The van der Waals surface area contributed by atoms with Crippen LogP contribution in [0.4, 0.5) is 6.01 Å². The third-order valence-corrected chi connectivity index (χ3v) is 3.92. The molecule has 0 aromatic carbocycles. The van der Waals surface area contributed by atoms with Gasteiger partial charge in [-0.15, -0.1) is 5.10 Å². The van der Waals surface area contributed by atoms with Crippen LogP contribution in [0.2, 0.25) is 0 Å². The van der Waals surface area contributed by atoms with Crippen molar-refractivity contribution in [2.45, 2.75) is 45.6 Å². The highest BCUT2D eigenvalue weighted by molar-refractivity contribution is 5.90. The van der Waals surface area contributed by atoms with Crippen LogP contribution >= 0.6 is 0 Å². The van der Waals surface area contributed by atoms with E-state index in [2.05, 4.69) is 27.3 Å². The highest BCUT2D eigenvalue weighted by Crippen LogP contribution is 2.19. The molecule has 1 amide bonds. The largest absolute Gasteiger partial charge is 0.408 e. The first-order valence-corrected chi connectivity index (χ1v) is 7.57. The molecule has 1 aromatic rings. The number of carbonyl (C=O) groups excluding carboxylic acids is 1. The fourth-order valence-corrected chi connectivity index (χ4v) is 2.52. The summed E-state index contributed by atoms with van der Waals surface area (Å²) >= 11 is 0. The number of anilines is 1. The fraction of sp³-hybridized carbons (Fsp3) is 0.786. The standard InChI is InChI=1S/C14H25N5O2/c1-9(2)13-17-18-14(21-13)16-12(20)8-19-6-4-11(5-7-19)10(3)15/h9-11H,4-8,15H2,1-3H3,(H,16,18,20). The molecule has 2 heterocycles. The van der Waals surface area contributed by atoms with Crippen molar-refractivity contribution < 1.29 is 9.21 Å². The minimum atomic E-state index is -0.117. The lowest BCUT2D eigenvalue weighted by Crippen LogP contribution is -2.42. The summed E-state index contributed by atoms with van der Waals surface area (Å²) in [6.07, 6.45) is 2.09. The van der Waals surface area contributed by atoms with E-state index >= 15 is 0 Å². The van der Waals surface area contributed by atoms with E-state index in [9.17, 15) is 4.79 Å². The summed E-state index contributed by atoms with van der Waals surface area (Å²) in [6, 6.07) is 0.406. The lowest BCUT2D eigenvalue weighted by atomic mass is 9.91. The molecule has 2 rings (SSSR count). The number of hydrogen-bond acceptors (Lipinski definition) is 6. The molecule has 21 heavy (non-hydrogen) atoms. The Balaban J connectivity index is 1.77. The number of likely N-dealkylation sites (tertiary alicyclic amines) is 1. The van der Waals surface area contributed by atoms with Crippen LogP contribution in [-0.4, -0.2) is 46.7 Å². The van der Waals surface area contributed by atoms with Crippen molar-refractivity contribution in [3.05, 3.63) is 5.89 Å². The van der Waals surface area contributed by atoms with E-state index in [-0.39, 0.29) is 23.9 Å². The van der Waals surface area contributed by atoms with Crippen molar-refractivity contribution in [3.8, 4) is 0 Å². The quantitative estimate of drug-likeness (QED) is 0.847. The van der Waals surface area contributed by atoms with Crippen LogP contribution in [0.1, 0.15) is 45.4 Å². The van der Waals surface area contributed by atoms with Gasteiger partial charge in [-0.25, -0.2) is 0 Å². The number of aromatic nitrogens is 2. The summed E-state index contributed by atoms with van der Waals surface area (Å²) in [7, 11) is 0. The van der Waals surface area contributed by atoms with Crippen molar-refractivity contribution in [2.75, 3.05) is 25.0 Å². The van der Waals surface area contributed by atoms with Gasteiger partial charge in [0.05, 0.1) is 6.54 Å². The van der Waals surface area contributed by atoms with Crippen LogP contribution in [-0.2, 0) is 4.79 Å². The van der Waals surface area contributed by atoms with E-state index in [1.54, 1.807) is 0 Å². The highest BCUT2D eigenvalue weighted by Gasteiger charge is 2.23. The SMILES string of the molecule is CC(C)c1nnc(NC(=O)CN2CCC(C(C)N)CC2)o1. The average molecular weight is 295 g/mol. The van der Waals surface area contributed by atoms with Gasteiger partial charge in [0, 0.05) is 12.0 Å². The van der Waals surface area contributed by atoms with Crippen molar-refractivity contribution in [2.24, 2.45) is 11.7 Å². The van der Waals surface area contributed by atoms with Crippen LogP contribution in [0.3, 0.4) is 0 Å². The Bertz CT molecular complexity index is 464. The number of carbonyl (C=O) groups is 1. The van der Waals surface area contributed by atoms with E-state index in [0.29, 0.717) is 18.4 Å². The Kier molecular flexibility index (Phi) is 5.30. The zero-order chi connectivity index (χ0) is 15.4. The molecule has 0 aliphatic carbocycles. The topological polar surface area (TPSA) is 97.3 Å². The third kappa shape index (κ3) is 4.50. The second-order valence-corrected chi connectivity index (χ2v) is 6.12. The van der Waals surface area contributed by atoms with Gasteiger partial charge in [0.2, 0.25) is 11.8 Å². The molecular formula is C14H25N5O2. The van der Waals surface area contributed by atoms with E-state index in [1.165, 1.54) is 0 Å². The van der Waals surface area contributed by atoms with Crippen LogP contribution in [0.5, 0.6) is 0 Å². The number of piperidine rings is 1. The second kappa shape index (κ2) is 7.00. The lowest BCUT2D eigenvalue weighted by molar-refractivity contribution is -0.117. The van der Waals surface area contributed by atoms with Crippen molar-refractivity contribution in [3.63, 3.8) is 0 Å². The zero-order valence-electron chi connectivity index (χ0n) is 13.0. The summed E-state index contributed by atoms with van der Waals surface area (Å²) in [5, 5.41) is 10.4. The number of nitrogens with zero attached hydrogens (tertiary/aromatic N) is 3. The van der Waals surface area contributed by atoms with Gasteiger partial charge < -0.3 is 10.2 Å². The highest BCUT2D eigenvalue weighted by atomic mass is 16.4. The fourth-order valence-electron chi connectivity index (χ4n) is 2.52. The van der Waals surface area contributed by atoms with Gasteiger partial charge in [-0.1, -0.05) is 18.9 Å². The Morgan fingerprint density at radius 1 is 1.38 bits per heavy atom. The smallest absolute Gasteiger partial charge is 0.322 e. The monoisotopic (exact) mass is 295 g/mol. The van der Waals surface area contributed by atoms with E-state index in [0.717, 1.165) is 25.9 Å². The van der Waals surface area contributed by atoms with Gasteiger partial charge in [-0.05, 0) is 38.8 Å². The number of nitrogens with two attached hydrogens (primary N) is 1. The van der Waals surface area contributed by atoms with Gasteiger partial charge in [0.1, 0.15) is 0 Å². The third-order valence-electron chi connectivity index (χ3n) is 3.92.